The maximum atomic E-state index is 12.7. The average molecular weight is 293 g/mol. The van der Waals surface area contributed by atoms with Crippen LogP contribution in [0.2, 0.25) is 0 Å². The number of nitriles is 1. The zero-order valence-corrected chi connectivity index (χ0v) is 12.4. The number of aryl methyl sites for hydroxylation is 1. The van der Waals surface area contributed by atoms with Crippen LogP contribution >= 0.6 is 0 Å². The van der Waals surface area contributed by atoms with Crippen molar-refractivity contribution in [2.24, 2.45) is 5.73 Å². The Kier molecular flexibility index (Phi) is 4.43. The molecule has 1 atom stereocenters. The zero-order chi connectivity index (χ0) is 14.8. The van der Waals surface area contributed by atoms with Crippen molar-refractivity contribution < 1.29 is 8.42 Å². The van der Waals surface area contributed by atoms with E-state index in [1.807, 2.05) is 6.07 Å². The molecule has 5 nitrogen and oxygen atoms in total. The highest BCUT2D eigenvalue weighted by molar-refractivity contribution is 7.89. The molecule has 0 amide bonds. The third-order valence-electron chi connectivity index (χ3n) is 3.64. The van der Waals surface area contributed by atoms with Crippen molar-refractivity contribution in [3.05, 3.63) is 29.3 Å². The van der Waals surface area contributed by atoms with Crippen LogP contribution in [0.15, 0.2) is 23.1 Å². The van der Waals surface area contributed by atoms with Gasteiger partial charge in [-0.05, 0) is 43.5 Å². The van der Waals surface area contributed by atoms with Crippen molar-refractivity contribution in [1.82, 2.24) is 4.31 Å². The van der Waals surface area contributed by atoms with E-state index < -0.39 is 16.2 Å². The van der Waals surface area contributed by atoms with Gasteiger partial charge in [-0.25, -0.2) is 8.42 Å². The van der Waals surface area contributed by atoms with Crippen molar-refractivity contribution >= 4 is 10.0 Å². The Hall–Kier alpha value is -1.42. The van der Waals surface area contributed by atoms with Crippen molar-refractivity contribution in [1.29, 1.82) is 5.26 Å². The van der Waals surface area contributed by atoms with Crippen LogP contribution in [0.3, 0.4) is 0 Å². The van der Waals surface area contributed by atoms with E-state index in [-0.39, 0.29) is 4.90 Å². The molecular weight excluding hydrogens is 274 g/mol. The summed E-state index contributed by atoms with van der Waals surface area (Å²) in [6, 6.07) is 6.64. The second-order valence-corrected chi connectivity index (χ2v) is 6.98. The van der Waals surface area contributed by atoms with E-state index in [1.54, 1.807) is 13.0 Å². The van der Waals surface area contributed by atoms with E-state index in [4.69, 9.17) is 11.0 Å². The number of nitrogens with two attached hydrogens (primary N) is 1. The van der Waals surface area contributed by atoms with Crippen LogP contribution in [0.1, 0.15) is 36.8 Å². The maximum Gasteiger partial charge on any atom is 0.244 e. The van der Waals surface area contributed by atoms with Crippen LogP contribution in [0.25, 0.3) is 0 Å². The predicted octanol–water partition coefficient (Wildman–Crippen LogP) is 1.72. The molecular formula is C14H19N3O2S. The molecule has 1 aromatic carbocycles. The Morgan fingerprint density at radius 3 is 2.75 bits per heavy atom. The highest BCUT2D eigenvalue weighted by Gasteiger charge is 2.31. The van der Waals surface area contributed by atoms with Gasteiger partial charge in [0.2, 0.25) is 10.0 Å². The lowest BCUT2D eigenvalue weighted by Crippen LogP contribution is -2.45. The second-order valence-electron chi connectivity index (χ2n) is 5.12. The molecule has 1 unspecified atom stereocenters. The van der Waals surface area contributed by atoms with Crippen molar-refractivity contribution in [2.75, 3.05) is 6.54 Å². The van der Waals surface area contributed by atoms with Gasteiger partial charge in [0.15, 0.2) is 0 Å². The number of sulfonamides is 1. The van der Waals surface area contributed by atoms with Crippen molar-refractivity contribution in [3.63, 3.8) is 0 Å². The van der Waals surface area contributed by atoms with Gasteiger partial charge in [0.1, 0.15) is 0 Å². The summed E-state index contributed by atoms with van der Waals surface area (Å²) in [6.07, 6.45) is 3.03. The first-order valence-corrected chi connectivity index (χ1v) is 8.19. The molecule has 0 aliphatic carbocycles. The molecule has 0 saturated carbocycles. The molecule has 0 radical (unpaired) electrons. The molecule has 2 rings (SSSR count). The van der Waals surface area contributed by atoms with Gasteiger partial charge in [0.25, 0.3) is 0 Å². The molecule has 1 fully saturated rings. The van der Waals surface area contributed by atoms with E-state index in [0.717, 1.165) is 19.3 Å². The van der Waals surface area contributed by atoms with Crippen LogP contribution in [0.5, 0.6) is 0 Å². The number of hydrogen-bond donors (Lipinski definition) is 1. The van der Waals surface area contributed by atoms with Gasteiger partial charge in [0.05, 0.1) is 22.7 Å². The van der Waals surface area contributed by atoms with Gasteiger partial charge >= 0.3 is 0 Å². The third-order valence-corrected chi connectivity index (χ3v) is 5.72. The fourth-order valence-electron chi connectivity index (χ4n) is 2.54. The number of rotatable bonds is 2. The smallest absolute Gasteiger partial charge is 0.244 e. The standard InChI is InChI=1S/C14H19N3O2S/c1-11-9-12(10-15)6-7-13(11)20(18,19)17-8-4-2-3-5-14(17)16/h6-7,9,14H,2-5,8,16H2,1H3. The summed E-state index contributed by atoms with van der Waals surface area (Å²) >= 11 is 0. The summed E-state index contributed by atoms with van der Waals surface area (Å²) in [6.45, 7) is 2.17. The van der Waals surface area contributed by atoms with Crippen molar-refractivity contribution in [3.8, 4) is 6.07 Å². The van der Waals surface area contributed by atoms with Gasteiger partial charge in [-0.1, -0.05) is 12.8 Å². The summed E-state index contributed by atoms with van der Waals surface area (Å²) < 4.78 is 26.9. The molecule has 20 heavy (non-hydrogen) atoms. The number of nitrogens with zero attached hydrogens (tertiary/aromatic N) is 2. The maximum absolute atomic E-state index is 12.7. The minimum atomic E-state index is -3.59. The Morgan fingerprint density at radius 2 is 2.10 bits per heavy atom. The number of benzene rings is 1. The SMILES string of the molecule is Cc1cc(C#N)ccc1S(=O)(=O)N1CCCCCC1N. The van der Waals surface area contributed by atoms with Crippen LogP contribution in [-0.2, 0) is 10.0 Å². The minimum absolute atomic E-state index is 0.244. The highest BCUT2D eigenvalue weighted by Crippen LogP contribution is 2.25. The van der Waals surface area contributed by atoms with Crippen molar-refractivity contribution in [2.45, 2.75) is 43.7 Å². The molecule has 1 saturated heterocycles. The summed E-state index contributed by atoms with van der Waals surface area (Å²) in [5.41, 5.74) is 7.05. The predicted molar refractivity (Wildman–Crippen MR) is 76.2 cm³/mol. The van der Waals surface area contributed by atoms with E-state index in [9.17, 15) is 8.42 Å². The largest absolute Gasteiger partial charge is 0.315 e. The summed E-state index contributed by atoms with van der Waals surface area (Å²) in [5.74, 6) is 0. The minimum Gasteiger partial charge on any atom is -0.315 e. The van der Waals surface area contributed by atoms with Gasteiger partial charge in [-0.2, -0.15) is 9.57 Å². The molecule has 1 aliphatic heterocycles. The second kappa shape index (κ2) is 5.92. The van der Waals surface area contributed by atoms with Gasteiger partial charge in [-0.3, -0.25) is 0 Å². The lowest BCUT2D eigenvalue weighted by Gasteiger charge is -2.26. The summed E-state index contributed by atoms with van der Waals surface area (Å²) in [4.78, 5) is 0.244. The molecule has 0 aromatic heterocycles. The first kappa shape index (κ1) is 15.0. The van der Waals surface area contributed by atoms with E-state index >= 15 is 0 Å². The third kappa shape index (κ3) is 2.85. The van der Waals surface area contributed by atoms with E-state index in [2.05, 4.69) is 0 Å². The topological polar surface area (TPSA) is 87.2 Å². The Bertz CT molecular complexity index is 634. The molecule has 0 spiro atoms. The Labute approximate surface area is 120 Å². The quantitative estimate of drug-likeness (QED) is 0.899. The lowest BCUT2D eigenvalue weighted by molar-refractivity contribution is 0.329. The summed E-state index contributed by atoms with van der Waals surface area (Å²) in [5, 5.41) is 8.85. The molecule has 1 aromatic rings. The fourth-order valence-corrected chi connectivity index (χ4v) is 4.33. The first-order valence-electron chi connectivity index (χ1n) is 6.75. The fraction of sp³-hybridized carbons (Fsp3) is 0.500. The van der Waals surface area contributed by atoms with E-state index in [0.29, 0.717) is 24.1 Å². The van der Waals surface area contributed by atoms with Gasteiger partial charge in [-0.15, -0.1) is 0 Å². The van der Waals surface area contributed by atoms with Gasteiger partial charge in [0, 0.05) is 6.54 Å². The normalized spacial score (nSPS) is 21.1. The van der Waals surface area contributed by atoms with Crippen LogP contribution in [0.4, 0.5) is 0 Å². The molecule has 1 aliphatic rings. The molecule has 1 heterocycles. The van der Waals surface area contributed by atoms with Crippen LogP contribution in [-0.4, -0.2) is 25.4 Å². The van der Waals surface area contributed by atoms with E-state index in [1.165, 1.54) is 16.4 Å². The van der Waals surface area contributed by atoms with Crippen LogP contribution < -0.4 is 5.73 Å². The Morgan fingerprint density at radius 1 is 1.35 bits per heavy atom. The molecule has 108 valence electrons. The number of hydrogen-bond acceptors (Lipinski definition) is 4. The molecule has 6 heteroatoms. The van der Waals surface area contributed by atoms with Gasteiger partial charge < -0.3 is 5.73 Å². The average Bonchev–Trinajstić information content (AvgIpc) is 2.63. The Balaban J connectivity index is 2.41. The molecule has 0 bridgehead atoms. The monoisotopic (exact) mass is 293 g/mol. The highest BCUT2D eigenvalue weighted by atomic mass is 32.2. The van der Waals surface area contributed by atoms with Crippen LogP contribution in [0, 0.1) is 18.3 Å². The molecule has 2 N–H and O–H groups in total. The first-order chi connectivity index (χ1) is 9.46. The zero-order valence-electron chi connectivity index (χ0n) is 11.5. The lowest BCUT2D eigenvalue weighted by atomic mass is 10.2. The summed E-state index contributed by atoms with van der Waals surface area (Å²) in [7, 11) is -3.59.